The number of halogens is 2. The lowest BCUT2D eigenvalue weighted by molar-refractivity contribution is -0.138. The van der Waals surface area contributed by atoms with Crippen LogP contribution in [-0.4, -0.2) is 23.9 Å². The molecule has 1 aromatic rings. The number of hydrogen-bond donors (Lipinski definition) is 2. The number of carboxylic acid groups (broad SMARTS) is 1. The van der Waals surface area contributed by atoms with Crippen LogP contribution < -0.4 is 5.73 Å². The third-order valence-electron chi connectivity index (χ3n) is 2.16. The van der Waals surface area contributed by atoms with Gasteiger partial charge in [0, 0.05) is 6.54 Å². The van der Waals surface area contributed by atoms with Gasteiger partial charge in [0.05, 0.1) is 15.8 Å². The third-order valence-corrected chi connectivity index (χ3v) is 3.39. The second-order valence-electron chi connectivity index (χ2n) is 3.14. The Labute approximate surface area is 102 Å². The maximum Gasteiger partial charge on any atom is 0.312 e. The van der Waals surface area contributed by atoms with Crippen molar-refractivity contribution >= 4 is 29.3 Å². The summed E-state index contributed by atoms with van der Waals surface area (Å²) in [4.78, 5) is 11.2. The second-order valence-corrected chi connectivity index (χ2v) is 4.37. The molecule has 0 aliphatic carbocycles. The molecule has 0 fully saturated rings. The molecule has 1 atom stereocenters. The van der Waals surface area contributed by atoms with Gasteiger partial charge in [-0.25, -0.2) is 4.39 Å². The Kier molecular flexibility index (Phi) is 4.58. The number of carbonyl (C=O) groups is 1. The number of benzene rings is 1. The van der Waals surface area contributed by atoms with Crippen molar-refractivity contribution in [1.82, 2.24) is 0 Å². The standard InChI is InChI=1S/C10H11ClFNO2S/c1-16-9-7(11)2-5(3-8(9)12)6(4-13)10(14)15/h2-3,6H,4,13H2,1H3,(H,14,15). The van der Waals surface area contributed by atoms with Crippen LogP contribution in [0.1, 0.15) is 11.5 Å². The summed E-state index contributed by atoms with van der Waals surface area (Å²) in [6.07, 6.45) is 1.70. The molecule has 3 N–H and O–H groups in total. The van der Waals surface area contributed by atoms with E-state index < -0.39 is 17.7 Å². The van der Waals surface area contributed by atoms with Crippen LogP contribution in [0, 0.1) is 5.82 Å². The van der Waals surface area contributed by atoms with Crippen LogP contribution >= 0.6 is 23.4 Å². The van der Waals surface area contributed by atoms with Gasteiger partial charge in [-0.1, -0.05) is 11.6 Å². The van der Waals surface area contributed by atoms with E-state index in [9.17, 15) is 9.18 Å². The number of thioether (sulfide) groups is 1. The van der Waals surface area contributed by atoms with Crippen LogP contribution in [0.5, 0.6) is 0 Å². The summed E-state index contributed by atoms with van der Waals surface area (Å²) in [6.45, 7) is -0.0935. The molecular weight excluding hydrogens is 253 g/mol. The minimum atomic E-state index is -1.09. The number of carboxylic acids is 1. The molecule has 16 heavy (non-hydrogen) atoms. The fourth-order valence-corrected chi connectivity index (χ4v) is 2.31. The molecule has 0 aromatic heterocycles. The fourth-order valence-electron chi connectivity index (χ4n) is 1.36. The predicted molar refractivity (Wildman–Crippen MR) is 62.6 cm³/mol. The van der Waals surface area contributed by atoms with Crippen molar-refractivity contribution in [2.45, 2.75) is 10.8 Å². The summed E-state index contributed by atoms with van der Waals surface area (Å²) in [5.41, 5.74) is 5.61. The van der Waals surface area contributed by atoms with Crippen molar-refractivity contribution in [3.63, 3.8) is 0 Å². The Balaban J connectivity index is 3.21. The maximum absolute atomic E-state index is 13.5. The Morgan fingerprint density at radius 3 is 2.69 bits per heavy atom. The molecular formula is C10H11ClFNO2S. The summed E-state index contributed by atoms with van der Waals surface area (Å²) in [7, 11) is 0. The van der Waals surface area contributed by atoms with Gasteiger partial charge < -0.3 is 10.8 Å². The molecule has 1 aromatic carbocycles. The highest BCUT2D eigenvalue weighted by Crippen LogP contribution is 2.31. The minimum absolute atomic E-state index is 0.0935. The zero-order valence-electron chi connectivity index (χ0n) is 8.54. The zero-order valence-corrected chi connectivity index (χ0v) is 10.1. The Bertz CT molecular complexity index is 391. The minimum Gasteiger partial charge on any atom is -0.481 e. The van der Waals surface area contributed by atoms with Gasteiger partial charge in [0.1, 0.15) is 5.82 Å². The largest absolute Gasteiger partial charge is 0.481 e. The average molecular weight is 264 g/mol. The summed E-state index contributed by atoms with van der Waals surface area (Å²) in [5, 5.41) is 9.09. The van der Waals surface area contributed by atoms with Crippen molar-refractivity contribution in [1.29, 1.82) is 0 Å². The highest BCUT2D eigenvalue weighted by Gasteiger charge is 2.20. The molecule has 0 amide bonds. The number of rotatable bonds is 4. The summed E-state index contributed by atoms with van der Waals surface area (Å²) in [5.74, 6) is -2.53. The van der Waals surface area contributed by atoms with Gasteiger partial charge in [-0.3, -0.25) is 4.79 Å². The molecule has 0 saturated heterocycles. The molecule has 6 heteroatoms. The lowest BCUT2D eigenvalue weighted by Gasteiger charge is -2.12. The summed E-state index contributed by atoms with van der Waals surface area (Å²) < 4.78 is 13.5. The molecule has 0 bridgehead atoms. The van der Waals surface area contributed by atoms with Crippen molar-refractivity contribution in [2.75, 3.05) is 12.8 Å². The van der Waals surface area contributed by atoms with Crippen molar-refractivity contribution in [2.24, 2.45) is 5.73 Å². The Morgan fingerprint density at radius 1 is 1.69 bits per heavy atom. The van der Waals surface area contributed by atoms with E-state index in [-0.39, 0.29) is 17.1 Å². The predicted octanol–water partition coefficient (Wildman–Crippen LogP) is 2.33. The molecule has 88 valence electrons. The molecule has 1 rings (SSSR count). The molecule has 3 nitrogen and oxygen atoms in total. The quantitative estimate of drug-likeness (QED) is 0.819. The average Bonchev–Trinajstić information content (AvgIpc) is 2.17. The van der Waals surface area contributed by atoms with Crippen LogP contribution in [0.2, 0.25) is 5.02 Å². The molecule has 0 saturated carbocycles. The monoisotopic (exact) mass is 263 g/mol. The first-order valence-corrected chi connectivity index (χ1v) is 6.07. The molecule has 0 spiro atoms. The van der Waals surface area contributed by atoms with E-state index in [1.165, 1.54) is 23.9 Å². The fraction of sp³-hybridized carbons (Fsp3) is 0.300. The maximum atomic E-state index is 13.5. The highest BCUT2D eigenvalue weighted by molar-refractivity contribution is 7.98. The van der Waals surface area contributed by atoms with Gasteiger partial charge in [-0.05, 0) is 24.0 Å². The first-order chi connectivity index (χ1) is 7.51. The highest BCUT2D eigenvalue weighted by atomic mass is 35.5. The zero-order chi connectivity index (χ0) is 12.3. The van der Waals surface area contributed by atoms with Gasteiger partial charge >= 0.3 is 5.97 Å². The van der Waals surface area contributed by atoms with Crippen LogP contribution in [0.3, 0.4) is 0 Å². The van der Waals surface area contributed by atoms with Gasteiger partial charge in [0.2, 0.25) is 0 Å². The SMILES string of the molecule is CSc1c(F)cc(C(CN)C(=O)O)cc1Cl. The van der Waals surface area contributed by atoms with Crippen LogP contribution in [0.25, 0.3) is 0 Å². The lowest BCUT2D eigenvalue weighted by atomic mass is 9.99. The first-order valence-electron chi connectivity index (χ1n) is 4.47. The van der Waals surface area contributed by atoms with E-state index in [4.69, 9.17) is 22.4 Å². The molecule has 0 radical (unpaired) electrons. The molecule has 1 unspecified atom stereocenters. The van der Waals surface area contributed by atoms with E-state index in [1.54, 1.807) is 6.26 Å². The van der Waals surface area contributed by atoms with Crippen molar-refractivity contribution in [3.8, 4) is 0 Å². The van der Waals surface area contributed by atoms with Crippen LogP contribution in [-0.2, 0) is 4.79 Å². The normalized spacial score (nSPS) is 12.5. The Hall–Kier alpha value is -0.780. The van der Waals surface area contributed by atoms with Crippen LogP contribution in [0.4, 0.5) is 4.39 Å². The molecule has 0 aliphatic heterocycles. The van der Waals surface area contributed by atoms with Crippen molar-refractivity contribution < 1.29 is 14.3 Å². The summed E-state index contributed by atoms with van der Waals surface area (Å²) >= 11 is 7.02. The molecule has 0 aliphatic rings. The first kappa shape index (κ1) is 13.3. The second kappa shape index (κ2) is 5.52. The van der Waals surface area contributed by atoms with Crippen LogP contribution in [0.15, 0.2) is 17.0 Å². The van der Waals surface area contributed by atoms with Gasteiger partial charge in [-0.15, -0.1) is 11.8 Å². The van der Waals surface area contributed by atoms with E-state index in [2.05, 4.69) is 0 Å². The Morgan fingerprint density at radius 2 is 2.31 bits per heavy atom. The number of hydrogen-bond acceptors (Lipinski definition) is 3. The van der Waals surface area contributed by atoms with E-state index in [0.717, 1.165) is 0 Å². The third kappa shape index (κ3) is 2.66. The lowest BCUT2D eigenvalue weighted by Crippen LogP contribution is -2.21. The van der Waals surface area contributed by atoms with Gasteiger partial charge in [0.25, 0.3) is 0 Å². The number of aliphatic carboxylic acids is 1. The smallest absolute Gasteiger partial charge is 0.312 e. The van der Waals surface area contributed by atoms with Gasteiger partial charge in [0.15, 0.2) is 0 Å². The molecule has 0 heterocycles. The topological polar surface area (TPSA) is 63.3 Å². The van der Waals surface area contributed by atoms with E-state index >= 15 is 0 Å². The summed E-state index contributed by atoms with van der Waals surface area (Å²) in [6, 6.07) is 2.62. The van der Waals surface area contributed by atoms with E-state index in [1.807, 2.05) is 0 Å². The van der Waals surface area contributed by atoms with Gasteiger partial charge in [-0.2, -0.15) is 0 Å². The number of nitrogens with two attached hydrogens (primary N) is 1. The van der Waals surface area contributed by atoms with E-state index in [0.29, 0.717) is 4.90 Å². The van der Waals surface area contributed by atoms with Crippen molar-refractivity contribution in [3.05, 3.63) is 28.5 Å².